The van der Waals surface area contributed by atoms with Crippen LogP contribution in [0, 0.1) is 0 Å². The van der Waals surface area contributed by atoms with E-state index in [9.17, 15) is 4.79 Å². The molecule has 1 saturated carbocycles. The van der Waals surface area contributed by atoms with E-state index < -0.39 is 0 Å². The average molecular weight is 217 g/mol. The minimum atomic E-state index is -0.0844. The molecule has 4 nitrogen and oxygen atoms in total. The monoisotopic (exact) mass is 217 g/mol. The number of fused-ring (bicyclic) bond motifs is 1. The highest BCUT2D eigenvalue weighted by atomic mass is 16.1. The van der Waals surface area contributed by atoms with E-state index in [1.165, 1.54) is 12.8 Å². The molecule has 0 bridgehead atoms. The van der Waals surface area contributed by atoms with E-state index in [0.717, 1.165) is 11.3 Å². The van der Waals surface area contributed by atoms with E-state index in [-0.39, 0.29) is 5.56 Å². The second-order valence-corrected chi connectivity index (χ2v) is 4.75. The molecule has 1 aliphatic carbocycles. The molecular weight excluding hydrogens is 202 g/mol. The highest BCUT2D eigenvalue weighted by Gasteiger charge is 2.30. The summed E-state index contributed by atoms with van der Waals surface area (Å²) in [5, 5.41) is 0. The van der Waals surface area contributed by atoms with Crippen molar-refractivity contribution in [1.82, 2.24) is 14.5 Å². The molecule has 16 heavy (non-hydrogen) atoms. The van der Waals surface area contributed by atoms with E-state index in [4.69, 9.17) is 0 Å². The molecule has 2 aromatic heterocycles. The second kappa shape index (κ2) is 3.20. The predicted molar refractivity (Wildman–Crippen MR) is 62.7 cm³/mol. The van der Waals surface area contributed by atoms with Crippen molar-refractivity contribution in [3.05, 3.63) is 28.4 Å². The molecule has 0 atom stereocenters. The molecule has 1 fully saturated rings. The van der Waals surface area contributed by atoms with Gasteiger partial charge in [0, 0.05) is 18.2 Å². The van der Waals surface area contributed by atoms with E-state index in [2.05, 4.69) is 28.4 Å². The molecule has 0 saturated heterocycles. The van der Waals surface area contributed by atoms with Crippen molar-refractivity contribution in [3.8, 4) is 0 Å². The third-order valence-corrected chi connectivity index (χ3v) is 3.10. The first kappa shape index (κ1) is 9.63. The van der Waals surface area contributed by atoms with Crippen molar-refractivity contribution in [2.45, 2.75) is 38.6 Å². The summed E-state index contributed by atoms with van der Waals surface area (Å²) in [5.41, 5.74) is 1.46. The van der Waals surface area contributed by atoms with Crippen molar-refractivity contribution in [2.75, 3.05) is 0 Å². The molecule has 2 heterocycles. The van der Waals surface area contributed by atoms with Gasteiger partial charge in [0.15, 0.2) is 5.52 Å². The van der Waals surface area contributed by atoms with Crippen molar-refractivity contribution in [1.29, 1.82) is 0 Å². The van der Waals surface area contributed by atoms with Crippen LogP contribution in [-0.4, -0.2) is 14.5 Å². The molecule has 1 aliphatic rings. The van der Waals surface area contributed by atoms with Crippen LogP contribution in [0.5, 0.6) is 0 Å². The minimum Gasteiger partial charge on any atom is -0.327 e. The van der Waals surface area contributed by atoms with Crippen LogP contribution in [-0.2, 0) is 0 Å². The van der Waals surface area contributed by atoms with Crippen LogP contribution in [0.4, 0.5) is 0 Å². The maximum Gasteiger partial charge on any atom is 0.276 e. The van der Waals surface area contributed by atoms with Crippen LogP contribution in [0.15, 0.2) is 17.1 Å². The Morgan fingerprint density at radius 2 is 2.25 bits per heavy atom. The first-order chi connectivity index (χ1) is 7.68. The molecule has 2 aromatic rings. The largest absolute Gasteiger partial charge is 0.327 e. The average Bonchev–Trinajstić information content (AvgIpc) is 2.99. The summed E-state index contributed by atoms with van der Waals surface area (Å²) in [7, 11) is 0. The summed E-state index contributed by atoms with van der Waals surface area (Å²) in [6, 6.07) is 2.29. The fourth-order valence-corrected chi connectivity index (χ4v) is 2.23. The molecule has 1 N–H and O–H groups in total. The molecule has 0 amide bonds. The van der Waals surface area contributed by atoms with Gasteiger partial charge in [-0.2, -0.15) is 0 Å². The first-order valence-electron chi connectivity index (χ1n) is 5.78. The number of nitrogens with zero attached hydrogens (tertiary/aromatic N) is 2. The number of pyridine rings is 1. The van der Waals surface area contributed by atoms with E-state index in [1.54, 1.807) is 6.20 Å². The smallest absolute Gasteiger partial charge is 0.276 e. The summed E-state index contributed by atoms with van der Waals surface area (Å²) in [6.07, 6.45) is 4.10. The van der Waals surface area contributed by atoms with Gasteiger partial charge in [0.25, 0.3) is 5.56 Å². The highest BCUT2D eigenvalue weighted by Crippen LogP contribution is 2.41. The Morgan fingerprint density at radius 1 is 1.50 bits per heavy atom. The Morgan fingerprint density at radius 3 is 2.88 bits per heavy atom. The number of hydrogen-bond acceptors (Lipinski definition) is 2. The fraction of sp³-hybridized carbons (Fsp3) is 0.500. The molecule has 3 rings (SSSR count). The Balaban J connectivity index is 2.36. The summed E-state index contributed by atoms with van der Waals surface area (Å²) >= 11 is 0. The van der Waals surface area contributed by atoms with Crippen LogP contribution in [0.25, 0.3) is 11.0 Å². The maximum absolute atomic E-state index is 11.7. The Labute approximate surface area is 93.3 Å². The predicted octanol–water partition coefficient (Wildman–Crippen LogP) is 2.18. The van der Waals surface area contributed by atoms with Crippen LogP contribution in [0.3, 0.4) is 0 Å². The van der Waals surface area contributed by atoms with Gasteiger partial charge in [0.2, 0.25) is 0 Å². The van der Waals surface area contributed by atoms with Crippen molar-refractivity contribution in [2.24, 2.45) is 0 Å². The molecule has 0 aromatic carbocycles. The van der Waals surface area contributed by atoms with Crippen molar-refractivity contribution >= 4 is 11.0 Å². The van der Waals surface area contributed by atoms with Gasteiger partial charge in [0.05, 0.1) is 5.52 Å². The van der Waals surface area contributed by atoms with E-state index >= 15 is 0 Å². The standard InChI is InChI=1S/C12H15N3O/c1-7(2)15-9-5-6-13-12(16)10(9)14-11(15)8-3-4-8/h5-8H,3-4H2,1-2H3,(H,13,16). The normalized spacial score (nSPS) is 16.2. The molecule has 0 radical (unpaired) electrons. The minimum absolute atomic E-state index is 0.0844. The quantitative estimate of drug-likeness (QED) is 0.838. The van der Waals surface area contributed by atoms with Gasteiger partial charge >= 0.3 is 0 Å². The molecule has 4 heteroatoms. The lowest BCUT2D eigenvalue weighted by atomic mass is 10.3. The van der Waals surface area contributed by atoms with Gasteiger partial charge in [-0.3, -0.25) is 4.79 Å². The van der Waals surface area contributed by atoms with Gasteiger partial charge in [-0.1, -0.05) is 0 Å². The van der Waals surface area contributed by atoms with Crippen LogP contribution < -0.4 is 5.56 Å². The van der Waals surface area contributed by atoms with E-state index in [0.29, 0.717) is 17.5 Å². The Kier molecular flexibility index (Phi) is 1.93. The summed E-state index contributed by atoms with van der Waals surface area (Å²) in [5.74, 6) is 1.65. The highest BCUT2D eigenvalue weighted by molar-refractivity contribution is 5.75. The van der Waals surface area contributed by atoms with Gasteiger partial charge in [-0.05, 0) is 32.8 Å². The molecule has 84 valence electrons. The Hall–Kier alpha value is -1.58. The summed E-state index contributed by atoms with van der Waals surface area (Å²) < 4.78 is 2.20. The third kappa shape index (κ3) is 1.29. The third-order valence-electron chi connectivity index (χ3n) is 3.10. The molecule has 0 spiro atoms. The van der Waals surface area contributed by atoms with Crippen molar-refractivity contribution in [3.63, 3.8) is 0 Å². The fourth-order valence-electron chi connectivity index (χ4n) is 2.23. The number of rotatable bonds is 2. The zero-order valence-electron chi connectivity index (χ0n) is 9.53. The maximum atomic E-state index is 11.7. The van der Waals surface area contributed by atoms with Gasteiger partial charge in [-0.15, -0.1) is 0 Å². The zero-order chi connectivity index (χ0) is 11.3. The number of aromatic nitrogens is 3. The lowest BCUT2D eigenvalue weighted by Crippen LogP contribution is -2.07. The van der Waals surface area contributed by atoms with Gasteiger partial charge in [-0.25, -0.2) is 4.98 Å². The van der Waals surface area contributed by atoms with Crippen LogP contribution >= 0.6 is 0 Å². The van der Waals surface area contributed by atoms with Crippen LogP contribution in [0.2, 0.25) is 0 Å². The zero-order valence-corrected chi connectivity index (χ0v) is 9.53. The topological polar surface area (TPSA) is 50.7 Å². The molecular formula is C12H15N3O. The van der Waals surface area contributed by atoms with Gasteiger partial charge in [0.1, 0.15) is 5.82 Å². The van der Waals surface area contributed by atoms with E-state index in [1.807, 2.05) is 6.07 Å². The number of H-pyrrole nitrogens is 1. The van der Waals surface area contributed by atoms with Crippen LogP contribution in [0.1, 0.15) is 44.5 Å². The first-order valence-corrected chi connectivity index (χ1v) is 5.78. The SMILES string of the molecule is CC(C)n1c(C2CC2)nc2c(=O)[nH]ccc21. The molecule has 0 unspecified atom stereocenters. The summed E-state index contributed by atoms with van der Waals surface area (Å²) in [6.45, 7) is 4.27. The van der Waals surface area contributed by atoms with Crippen molar-refractivity contribution < 1.29 is 0 Å². The number of hydrogen-bond donors (Lipinski definition) is 1. The Bertz CT molecular complexity index is 590. The number of nitrogens with one attached hydrogen (secondary N) is 1. The lowest BCUT2D eigenvalue weighted by molar-refractivity contribution is 0.585. The number of aromatic amines is 1. The summed E-state index contributed by atoms with van der Waals surface area (Å²) in [4.78, 5) is 18.9. The number of imidazole rings is 1. The van der Waals surface area contributed by atoms with Gasteiger partial charge < -0.3 is 9.55 Å². The second-order valence-electron chi connectivity index (χ2n) is 4.75. The molecule has 0 aliphatic heterocycles. The lowest BCUT2D eigenvalue weighted by Gasteiger charge is -2.12.